The SMILES string of the molecule is CCOc1ccc(S(=O)(=O)N(CCc2cccs2)Cc2ccoc2)cc1. The molecule has 138 valence electrons. The highest BCUT2D eigenvalue weighted by molar-refractivity contribution is 7.89. The Hall–Kier alpha value is -2.09. The van der Waals surface area contributed by atoms with Gasteiger partial charge in [0.25, 0.3) is 0 Å². The second-order valence-electron chi connectivity index (χ2n) is 5.70. The molecule has 0 amide bonds. The topological polar surface area (TPSA) is 59.8 Å². The summed E-state index contributed by atoms with van der Waals surface area (Å²) in [7, 11) is -3.62. The molecule has 0 unspecified atom stereocenters. The van der Waals surface area contributed by atoms with Crippen LogP contribution >= 0.6 is 11.3 Å². The molecule has 7 heteroatoms. The number of ether oxygens (including phenoxy) is 1. The van der Waals surface area contributed by atoms with Gasteiger partial charge in [0.15, 0.2) is 0 Å². The van der Waals surface area contributed by atoms with E-state index in [-0.39, 0.29) is 11.4 Å². The van der Waals surface area contributed by atoms with E-state index in [1.54, 1.807) is 54.2 Å². The van der Waals surface area contributed by atoms with Gasteiger partial charge in [0.05, 0.1) is 24.0 Å². The molecule has 0 bridgehead atoms. The van der Waals surface area contributed by atoms with E-state index in [4.69, 9.17) is 9.15 Å². The summed E-state index contributed by atoms with van der Waals surface area (Å²) in [6.07, 6.45) is 3.80. The minimum atomic E-state index is -3.62. The van der Waals surface area contributed by atoms with Crippen molar-refractivity contribution in [3.63, 3.8) is 0 Å². The first kappa shape index (κ1) is 18.7. The highest BCUT2D eigenvalue weighted by Crippen LogP contribution is 2.22. The molecule has 2 heterocycles. The van der Waals surface area contributed by atoms with Crippen molar-refractivity contribution >= 4 is 21.4 Å². The molecule has 0 spiro atoms. The predicted molar refractivity (Wildman–Crippen MR) is 102 cm³/mol. The van der Waals surface area contributed by atoms with Crippen molar-refractivity contribution in [1.82, 2.24) is 4.31 Å². The number of furan rings is 1. The monoisotopic (exact) mass is 391 g/mol. The number of nitrogens with zero attached hydrogens (tertiary/aromatic N) is 1. The summed E-state index contributed by atoms with van der Waals surface area (Å²) in [4.78, 5) is 1.42. The highest BCUT2D eigenvalue weighted by Gasteiger charge is 2.25. The van der Waals surface area contributed by atoms with Gasteiger partial charge in [-0.15, -0.1) is 11.3 Å². The number of hydrogen-bond donors (Lipinski definition) is 0. The van der Waals surface area contributed by atoms with E-state index in [1.165, 1.54) is 4.31 Å². The quantitative estimate of drug-likeness (QED) is 0.549. The predicted octanol–water partition coefficient (Wildman–Crippen LogP) is 4.17. The second-order valence-corrected chi connectivity index (χ2v) is 8.67. The smallest absolute Gasteiger partial charge is 0.243 e. The molecular weight excluding hydrogens is 370 g/mol. The minimum absolute atomic E-state index is 0.260. The Morgan fingerprint density at radius 1 is 1.15 bits per heavy atom. The molecule has 2 aromatic heterocycles. The Labute approximate surface area is 157 Å². The van der Waals surface area contributed by atoms with Crippen LogP contribution in [-0.2, 0) is 23.0 Å². The van der Waals surface area contributed by atoms with Crippen molar-refractivity contribution < 1.29 is 17.6 Å². The number of benzene rings is 1. The Balaban J connectivity index is 1.82. The van der Waals surface area contributed by atoms with Gasteiger partial charge >= 0.3 is 0 Å². The number of hydrogen-bond acceptors (Lipinski definition) is 5. The largest absolute Gasteiger partial charge is 0.494 e. The molecule has 26 heavy (non-hydrogen) atoms. The maximum Gasteiger partial charge on any atom is 0.243 e. The highest BCUT2D eigenvalue weighted by atomic mass is 32.2. The van der Waals surface area contributed by atoms with Gasteiger partial charge in [0.2, 0.25) is 10.0 Å². The summed E-state index contributed by atoms with van der Waals surface area (Å²) in [5, 5.41) is 2.00. The average Bonchev–Trinajstić information content (AvgIpc) is 3.33. The van der Waals surface area contributed by atoms with E-state index in [1.807, 2.05) is 24.4 Å². The van der Waals surface area contributed by atoms with E-state index in [0.717, 1.165) is 10.4 Å². The van der Waals surface area contributed by atoms with Gasteiger partial charge in [-0.1, -0.05) is 6.07 Å². The maximum absolute atomic E-state index is 13.1. The fourth-order valence-electron chi connectivity index (χ4n) is 2.58. The number of thiophene rings is 1. The van der Waals surface area contributed by atoms with Crippen molar-refractivity contribution in [1.29, 1.82) is 0 Å². The lowest BCUT2D eigenvalue weighted by atomic mass is 10.3. The van der Waals surface area contributed by atoms with Crippen LogP contribution in [0.25, 0.3) is 0 Å². The van der Waals surface area contributed by atoms with E-state index >= 15 is 0 Å². The first-order valence-corrected chi connectivity index (χ1v) is 10.7. The maximum atomic E-state index is 13.1. The van der Waals surface area contributed by atoms with Crippen LogP contribution in [0.3, 0.4) is 0 Å². The Morgan fingerprint density at radius 3 is 2.58 bits per heavy atom. The molecule has 1 aromatic carbocycles. The lowest BCUT2D eigenvalue weighted by Gasteiger charge is -2.21. The summed E-state index contributed by atoms with van der Waals surface area (Å²) in [6.45, 7) is 3.11. The minimum Gasteiger partial charge on any atom is -0.494 e. The summed E-state index contributed by atoms with van der Waals surface area (Å²) >= 11 is 1.63. The molecule has 3 aromatic rings. The third-order valence-electron chi connectivity index (χ3n) is 3.90. The van der Waals surface area contributed by atoms with Crippen LogP contribution in [0.5, 0.6) is 5.75 Å². The van der Waals surface area contributed by atoms with Gasteiger partial charge < -0.3 is 9.15 Å². The van der Waals surface area contributed by atoms with Crippen molar-refractivity contribution in [3.05, 3.63) is 70.8 Å². The first-order chi connectivity index (χ1) is 12.6. The number of sulfonamides is 1. The normalized spacial score (nSPS) is 11.8. The zero-order valence-corrected chi connectivity index (χ0v) is 16.1. The molecule has 0 N–H and O–H groups in total. The number of rotatable bonds is 9. The Kier molecular flexibility index (Phi) is 6.13. The van der Waals surface area contributed by atoms with Crippen LogP contribution in [0, 0.1) is 0 Å². The molecule has 0 aliphatic rings. The molecule has 3 rings (SSSR count). The van der Waals surface area contributed by atoms with Crippen molar-refractivity contribution in [2.24, 2.45) is 0 Å². The van der Waals surface area contributed by atoms with Crippen LogP contribution in [0.4, 0.5) is 0 Å². The van der Waals surface area contributed by atoms with Gasteiger partial charge in [-0.3, -0.25) is 0 Å². The molecule has 0 saturated heterocycles. The zero-order chi connectivity index (χ0) is 18.4. The van der Waals surface area contributed by atoms with Gasteiger partial charge in [-0.2, -0.15) is 4.31 Å². The lowest BCUT2D eigenvalue weighted by molar-refractivity contribution is 0.340. The van der Waals surface area contributed by atoms with Crippen LogP contribution in [0.2, 0.25) is 0 Å². The van der Waals surface area contributed by atoms with Crippen molar-refractivity contribution in [2.75, 3.05) is 13.2 Å². The van der Waals surface area contributed by atoms with E-state index < -0.39 is 10.0 Å². The molecule has 0 saturated carbocycles. The van der Waals surface area contributed by atoms with E-state index in [9.17, 15) is 8.42 Å². The first-order valence-electron chi connectivity index (χ1n) is 8.36. The fraction of sp³-hybridized carbons (Fsp3) is 0.263. The summed E-state index contributed by atoms with van der Waals surface area (Å²) in [5.74, 6) is 0.659. The van der Waals surface area contributed by atoms with Gasteiger partial charge in [-0.25, -0.2) is 8.42 Å². The van der Waals surface area contributed by atoms with Gasteiger partial charge in [0, 0.05) is 23.5 Å². The van der Waals surface area contributed by atoms with E-state index in [2.05, 4.69) is 0 Å². The molecule has 0 aliphatic heterocycles. The van der Waals surface area contributed by atoms with Crippen LogP contribution in [-0.4, -0.2) is 25.9 Å². The third-order valence-corrected chi connectivity index (χ3v) is 6.69. The summed E-state index contributed by atoms with van der Waals surface area (Å²) in [6, 6.07) is 12.3. The Bertz CT molecular complexity index is 886. The van der Waals surface area contributed by atoms with Crippen molar-refractivity contribution in [2.45, 2.75) is 24.8 Å². The van der Waals surface area contributed by atoms with Crippen LogP contribution in [0.1, 0.15) is 17.4 Å². The molecule has 0 aliphatic carbocycles. The summed E-state index contributed by atoms with van der Waals surface area (Å²) < 4.78 is 38.3. The zero-order valence-electron chi connectivity index (χ0n) is 14.5. The van der Waals surface area contributed by atoms with Gasteiger partial charge in [-0.05, 0) is 55.1 Å². The lowest BCUT2D eigenvalue weighted by Crippen LogP contribution is -2.32. The van der Waals surface area contributed by atoms with Crippen molar-refractivity contribution in [3.8, 4) is 5.75 Å². The van der Waals surface area contributed by atoms with Crippen LogP contribution < -0.4 is 4.74 Å². The standard InChI is InChI=1S/C19H21NO4S2/c1-2-24-17-5-7-19(8-6-17)26(21,22)20(14-16-10-12-23-15-16)11-9-18-4-3-13-25-18/h3-8,10,12-13,15H,2,9,11,14H2,1H3. The summed E-state index contributed by atoms with van der Waals surface area (Å²) in [5.41, 5.74) is 0.825. The molecule has 0 fully saturated rings. The molecule has 5 nitrogen and oxygen atoms in total. The Morgan fingerprint density at radius 2 is 1.96 bits per heavy atom. The fourth-order valence-corrected chi connectivity index (χ4v) is 4.71. The third kappa shape index (κ3) is 4.55. The van der Waals surface area contributed by atoms with Crippen LogP contribution in [0.15, 0.2) is 69.7 Å². The van der Waals surface area contributed by atoms with Gasteiger partial charge in [0.1, 0.15) is 5.75 Å². The van der Waals surface area contributed by atoms with E-state index in [0.29, 0.717) is 25.3 Å². The molecule has 0 radical (unpaired) electrons. The average molecular weight is 392 g/mol. The molecular formula is C19H21NO4S2. The molecule has 0 atom stereocenters. The second kappa shape index (κ2) is 8.53.